The zero-order valence-electron chi connectivity index (χ0n) is 14.9. The summed E-state index contributed by atoms with van der Waals surface area (Å²) in [5, 5.41) is 0. The highest BCUT2D eigenvalue weighted by atomic mass is 32.2. The summed E-state index contributed by atoms with van der Waals surface area (Å²) in [6, 6.07) is 10.6. The van der Waals surface area contributed by atoms with Gasteiger partial charge in [0.05, 0.1) is 0 Å². The van der Waals surface area contributed by atoms with E-state index in [2.05, 4.69) is 49.1 Å². The highest BCUT2D eigenvalue weighted by molar-refractivity contribution is 8.22. The van der Waals surface area contributed by atoms with Crippen LogP contribution in [0.2, 0.25) is 0 Å². The molecule has 0 aliphatic heterocycles. The molecule has 0 atom stereocenters. The van der Waals surface area contributed by atoms with Crippen LogP contribution >= 0.6 is 24.0 Å². The number of benzene rings is 1. The van der Waals surface area contributed by atoms with Gasteiger partial charge in [-0.05, 0) is 18.4 Å². The Morgan fingerprint density at radius 2 is 1.43 bits per heavy atom. The molecule has 23 heavy (non-hydrogen) atoms. The Bertz CT molecular complexity index is 393. The van der Waals surface area contributed by atoms with Crippen molar-refractivity contribution in [2.24, 2.45) is 0 Å². The Hall–Kier alpha value is -0.540. The fourth-order valence-corrected chi connectivity index (χ4v) is 3.77. The minimum absolute atomic E-state index is 0.986. The summed E-state index contributed by atoms with van der Waals surface area (Å²) in [7, 11) is 0. The van der Waals surface area contributed by atoms with Gasteiger partial charge in [-0.1, -0.05) is 107 Å². The zero-order chi connectivity index (χ0) is 16.8. The van der Waals surface area contributed by atoms with Gasteiger partial charge < -0.3 is 4.90 Å². The Balaban J connectivity index is 2.39. The molecule has 0 radical (unpaired) electrons. The monoisotopic (exact) mass is 351 g/mol. The van der Waals surface area contributed by atoms with Crippen LogP contribution in [0.15, 0.2) is 30.3 Å². The maximum Gasteiger partial charge on any atom is 0.136 e. The van der Waals surface area contributed by atoms with Gasteiger partial charge in [-0.2, -0.15) is 0 Å². The summed E-state index contributed by atoms with van der Waals surface area (Å²) in [5.41, 5.74) is 1.36. The van der Waals surface area contributed by atoms with Gasteiger partial charge in [-0.25, -0.2) is 0 Å². The van der Waals surface area contributed by atoms with Crippen LogP contribution in [0.5, 0.6) is 0 Å². The molecule has 0 N–H and O–H groups in total. The largest absolute Gasteiger partial charge is 0.358 e. The SMILES string of the molecule is CCCCCCN(CCCCCC)C(=S)SCc1ccccc1. The van der Waals surface area contributed by atoms with Gasteiger partial charge >= 0.3 is 0 Å². The highest BCUT2D eigenvalue weighted by Gasteiger charge is 2.10. The lowest BCUT2D eigenvalue weighted by Gasteiger charge is -2.25. The van der Waals surface area contributed by atoms with Crippen molar-refractivity contribution < 1.29 is 0 Å². The molecule has 0 aliphatic carbocycles. The number of thioether (sulfide) groups is 1. The standard InChI is InChI=1S/C20H33NS2/c1-3-5-7-12-16-21(17-13-8-6-4-2)20(22)23-18-19-14-10-9-11-15-19/h9-11,14-15H,3-8,12-13,16-18H2,1-2H3. The van der Waals surface area contributed by atoms with Gasteiger partial charge in [-0.3, -0.25) is 0 Å². The van der Waals surface area contributed by atoms with Gasteiger partial charge in [-0.15, -0.1) is 0 Å². The quantitative estimate of drug-likeness (QED) is 0.306. The van der Waals surface area contributed by atoms with Gasteiger partial charge in [0, 0.05) is 18.8 Å². The van der Waals surface area contributed by atoms with E-state index in [4.69, 9.17) is 12.2 Å². The lowest BCUT2D eigenvalue weighted by atomic mass is 10.2. The van der Waals surface area contributed by atoms with Crippen LogP contribution in [0.1, 0.15) is 70.8 Å². The number of hydrogen-bond donors (Lipinski definition) is 0. The fraction of sp³-hybridized carbons (Fsp3) is 0.650. The third-order valence-corrected chi connectivity index (χ3v) is 5.62. The second-order valence-electron chi connectivity index (χ2n) is 6.15. The summed E-state index contributed by atoms with van der Waals surface area (Å²) < 4.78 is 1.09. The van der Waals surface area contributed by atoms with Crippen LogP contribution in [0.25, 0.3) is 0 Å². The number of hydrogen-bond acceptors (Lipinski definition) is 2. The van der Waals surface area contributed by atoms with E-state index in [0.29, 0.717) is 0 Å². The van der Waals surface area contributed by atoms with E-state index in [9.17, 15) is 0 Å². The molecular weight excluding hydrogens is 318 g/mol. The topological polar surface area (TPSA) is 3.24 Å². The van der Waals surface area contributed by atoms with Crippen LogP contribution in [-0.2, 0) is 5.75 Å². The molecule has 1 nitrogen and oxygen atoms in total. The number of thiocarbonyl (C=S) groups is 1. The number of nitrogens with zero attached hydrogens (tertiary/aromatic N) is 1. The molecule has 0 bridgehead atoms. The van der Waals surface area contributed by atoms with E-state index < -0.39 is 0 Å². The molecule has 0 saturated carbocycles. The molecule has 1 aromatic rings. The third kappa shape index (κ3) is 10.0. The van der Waals surface area contributed by atoms with Crippen LogP contribution in [0.3, 0.4) is 0 Å². The summed E-state index contributed by atoms with van der Waals surface area (Å²) >= 11 is 7.54. The van der Waals surface area contributed by atoms with Crippen molar-refractivity contribution in [3.8, 4) is 0 Å². The Kier molecular flexibility index (Phi) is 12.4. The van der Waals surface area contributed by atoms with Crippen LogP contribution in [0.4, 0.5) is 0 Å². The first-order valence-corrected chi connectivity index (χ1v) is 10.6. The zero-order valence-corrected chi connectivity index (χ0v) is 16.6. The molecule has 0 spiro atoms. The van der Waals surface area contributed by atoms with E-state index in [1.807, 2.05) is 11.8 Å². The van der Waals surface area contributed by atoms with Crippen molar-refractivity contribution in [1.82, 2.24) is 4.90 Å². The van der Waals surface area contributed by atoms with Crippen molar-refractivity contribution in [3.05, 3.63) is 35.9 Å². The van der Waals surface area contributed by atoms with Crippen LogP contribution in [-0.4, -0.2) is 22.3 Å². The molecule has 0 aromatic heterocycles. The average molecular weight is 352 g/mol. The molecule has 1 rings (SSSR count). The van der Waals surface area contributed by atoms with Crippen LogP contribution in [0, 0.1) is 0 Å². The summed E-state index contributed by atoms with van der Waals surface area (Å²) in [6.07, 6.45) is 10.5. The Morgan fingerprint density at radius 1 is 0.870 bits per heavy atom. The second-order valence-corrected chi connectivity index (χ2v) is 7.76. The van der Waals surface area contributed by atoms with E-state index in [1.165, 1.54) is 56.9 Å². The molecular formula is C20H33NS2. The molecule has 3 heteroatoms. The Morgan fingerprint density at radius 3 is 1.96 bits per heavy atom. The van der Waals surface area contributed by atoms with E-state index in [-0.39, 0.29) is 0 Å². The summed E-state index contributed by atoms with van der Waals surface area (Å²) in [4.78, 5) is 2.45. The molecule has 0 unspecified atom stereocenters. The predicted octanol–water partition coefficient (Wildman–Crippen LogP) is 6.67. The number of rotatable bonds is 12. The Labute approximate surface area is 153 Å². The first-order valence-electron chi connectivity index (χ1n) is 9.23. The average Bonchev–Trinajstić information content (AvgIpc) is 2.59. The van der Waals surface area contributed by atoms with Crippen molar-refractivity contribution >= 4 is 28.3 Å². The van der Waals surface area contributed by atoms with Gasteiger partial charge in [0.25, 0.3) is 0 Å². The van der Waals surface area contributed by atoms with Crippen molar-refractivity contribution in [2.45, 2.75) is 71.0 Å². The lowest BCUT2D eigenvalue weighted by Crippen LogP contribution is -2.29. The highest BCUT2D eigenvalue weighted by Crippen LogP contribution is 2.18. The maximum atomic E-state index is 5.72. The van der Waals surface area contributed by atoms with Crippen molar-refractivity contribution in [1.29, 1.82) is 0 Å². The second kappa shape index (κ2) is 13.9. The molecule has 1 aromatic carbocycles. The normalized spacial score (nSPS) is 10.7. The molecule has 130 valence electrons. The van der Waals surface area contributed by atoms with Crippen LogP contribution < -0.4 is 0 Å². The fourth-order valence-electron chi connectivity index (χ4n) is 2.56. The van der Waals surface area contributed by atoms with E-state index >= 15 is 0 Å². The van der Waals surface area contributed by atoms with E-state index in [1.54, 1.807) is 0 Å². The van der Waals surface area contributed by atoms with Crippen molar-refractivity contribution in [3.63, 3.8) is 0 Å². The molecule has 0 heterocycles. The summed E-state index contributed by atoms with van der Waals surface area (Å²) in [6.45, 7) is 6.80. The molecule has 0 amide bonds. The molecule has 0 fully saturated rings. The van der Waals surface area contributed by atoms with Gasteiger partial charge in [0.2, 0.25) is 0 Å². The summed E-state index contributed by atoms with van der Waals surface area (Å²) in [5.74, 6) is 0.986. The van der Waals surface area contributed by atoms with Gasteiger partial charge in [0.1, 0.15) is 4.32 Å². The predicted molar refractivity (Wildman–Crippen MR) is 110 cm³/mol. The van der Waals surface area contributed by atoms with Gasteiger partial charge in [0.15, 0.2) is 0 Å². The van der Waals surface area contributed by atoms with Crippen molar-refractivity contribution in [2.75, 3.05) is 13.1 Å². The smallest absolute Gasteiger partial charge is 0.136 e. The maximum absolute atomic E-state index is 5.72. The minimum Gasteiger partial charge on any atom is -0.358 e. The lowest BCUT2D eigenvalue weighted by molar-refractivity contribution is 0.398. The first kappa shape index (κ1) is 20.5. The number of unbranched alkanes of at least 4 members (excludes halogenated alkanes) is 6. The third-order valence-electron chi connectivity index (χ3n) is 4.03. The minimum atomic E-state index is 0.986. The molecule has 0 saturated heterocycles. The first-order chi connectivity index (χ1) is 11.3. The molecule has 0 aliphatic rings. The van der Waals surface area contributed by atoms with E-state index in [0.717, 1.165) is 23.2 Å².